The van der Waals surface area contributed by atoms with E-state index in [0.29, 0.717) is 5.56 Å². The van der Waals surface area contributed by atoms with Gasteiger partial charge in [-0.1, -0.05) is 30.3 Å². The van der Waals surface area contributed by atoms with Crippen molar-refractivity contribution < 1.29 is 0 Å². The Morgan fingerprint density at radius 3 is 2.58 bits per heavy atom. The van der Waals surface area contributed by atoms with E-state index >= 15 is 0 Å². The van der Waals surface area contributed by atoms with E-state index < -0.39 is 0 Å². The van der Waals surface area contributed by atoms with Crippen molar-refractivity contribution in [3.8, 4) is 6.07 Å². The van der Waals surface area contributed by atoms with Crippen molar-refractivity contribution in [2.45, 2.75) is 19.8 Å². The summed E-state index contributed by atoms with van der Waals surface area (Å²) in [4.78, 5) is 0. The molecule has 0 fully saturated rings. The van der Waals surface area contributed by atoms with E-state index in [1.54, 1.807) is 0 Å². The normalized spacial score (nSPS) is 9.89. The van der Waals surface area contributed by atoms with Crippen LogP contribution in [0.1, 0.15) is 23.1 Å². The monoisotopic (exact) mass is 250 g/mol. The van der Waals surface area contributed by atoms with Crippen LogP contribution in [0.2, 0.25) is 0 Å². The van der Waals surface area contributed by atoms with E-state index in [1.165, 1.54) is 5.56 Å². The Balaban J connectivity index is 1.82. The zero-order valence-electron chi connectivity index (χ0n) is 11.2. The van der Waals surface area contributed by atoms with E-state index in [1.807, 2.05) is 31.2 Å². The Labute approximate surface area is 114 Å². The summed E-state index contributed by atoms with van der Waals surface area (Å²) >= 11 is 0. The second-order valence-corrected chi connectivity index (χ2v) is 4.66. The third-order valence-electron chi connectivity index (χ3n) is 3.16. The van der Waals surface area contributed by atoms with Crippen molar-refractivity contribution in [2.24, 2.45) is 0 Å². The third kappa shape index (κ3) is 3.86. The number of anilines is 1. The molecule has 19 heavy (non-hydrogen) atoms. The van der Waals surface area contributed by atoms with E-state index in [9.17, 15) is 0 Å². The maximum atomic E-state index is 8.82. The van der Waals surface area contributed by atoms with Gasteiger partial charge < -0.3 is 5.32 Å². The third-order valence-corrected chi connectivity index (χ3v) is 3.16. The van der Waals surface area contributed by atoms with Gasteiger partial charge in [-0.25, -0.2) is 0 Å². The minimum absolute atomic E-state index is 0.715. The topological polar surface area (TPSA) is 35.8 Å². The highest BCUT2D eigenvalue weighted by atomic mass is 14.9. The number of nitrogens with zero attached hydrogens (tertiary/aromatic N) is 1. The van der Waals surface area contributed by atoms with Crippen LogP contribution in [0, 0.1) is 18.3 Å². The van der Waals surface area contributed by atoms with Crippen molar-refractivity contribution in [1.82, 2.24) is 0 Å². The first-order valence-corrected chi connectivity index (χ1v) is 6.58. The fraction of sp³-hybridized carbons (Fsp3) is 0.235. The molecule has 0 saturated carbocycles. The van der Waals surface area contributed by atoms with Crippen molar-refractivity contribution in [1.29, 1.82) is 5.26 Å². The van der Waals surface area contributed by atoms with Crippen molar-refractivity contribution >= 4 is 5.69 Å². The van der Waals surface area contributed by atoms with Gasteiger partial charge in [-0.3, -0.25) is 0 Å². The lowest BCUT2D eigenvalue weighted by atomic mass is 10.1. The van der Waals surface area contributed by atoms with E-state index in [-0.39, 0.29) is 0 Å². The molecular weight excluding hydrogens is 232 g/mol. The van der Waals surface area contributed by atoms with Crippen LogP contribution >= 0.6 is 0 Å². The zero-order chi connectivity index (χ0) is 13.5. The number of hydrogen-bond donors (Lipinski definition) is 1. The largest absolute Gasteiger partial charge is 0.385 e. The molecule has 0 aliphatic heterocycles. The van der Waals surface area contributed by atoms with Crippen LogP contribution in [-0.4, -0.2) is 6.54 Å². The molecule has 0 atom stereocenters. The van der Waals surface area contributed by atoms with Crippen LogP contribution in [0.3, 0.4) is 0 Å². The van der Waals surface area contributed by atoms with Crippen LogP contribution in [-0.2, 0) is 6.42 Å². The van der Waals surface area contributed by atoms with E-state index in [4.69, 9.17) is 5.26 Å². The summed E-state index contributed by atoms with van der Waals surface area (Å²) in [6.07, 6.45) is 2.19. The molecule has 0 aliphatic rings. The van der Waals surface area contributed by atoms with E-state index in [2.05, 4.69) is 35.7 Å². The van der Waals surface area contributed by atoms with Crippen LogP contribution in [0.25, 0.3) is 0 Å². The average Bonchev–Trinajstić information content (AvgIpc) is 2.46. The summed E-state index contributed by atoms with van der Waals surface area (Å²) in [6, 6.07) is 18.4. The van der Waals surface area contributed by atoms with Gasteiger partial charge in [0.1, 0.15) is 0 Å². The molecule has 2 aromatic carbocycles. The summed E-state index contributed by atoms with van der Waals surface area (Å²) in [6.45, 7) is 2.97. The minimum atomic E-state index is 0.715. The lowest BCUT2D eigenvalue weighted by molar-refractivity contribution is 0.862. The first-order chi connectivity index (χ1) is 9.29. The number of nitriles is 1. The molecule has 0 heterocycles. The van der Waals surface area contributed by atoms with Gasteiger partial charge in [-0.2, -0.15) is 5.26 Å². The number of aryl methyl sites for hydroxylation is 2. The minimum Gasteiger partial charge on any atom is -0.385 e. The molecule has 96 valence electrons. The van der Waals surface area contributed by atoms with Crippen LogP contribution in [0.15, 0.2) is 48.5 Å². The molecule has 2 nitrogen and oxygen atoms in total. The zero-order valence-corrected chi connectivity index (χ0v) is 11.2. The molecule has 1 N–H and O–H groups in total. The second kappa shape index (κ2) is 6.61. The van der Waals surface area contributed by atoms with Gasteiger partial charge in [0.05, 0.1) is 11.6 Å². The quantitative estimate of drug-likeness (QED) is 0.817. The van der Waals surface area contributed by atoms with Gasteiger partial charge >= 0.3 is 0 Å². The first kappa shape index (κ1) is 13.2. The van der Waals surface area contributed by atoms with Gasteiger partial charge in [-0.05, 0) is 49.1 Å². The Hall–Kier alpha value is -2.27. The van der Waals surface area contributed by atoms with Crippen LogP contribution < -0.4 is 5.32 Å². The van der Waals surface area contributed by atoms with Gasteiger partial charge in [0.15, 0.2) is 0 Å². The molecule has 0 aromatic heterocycles. The molecule has 0 saturated heterocycles. The van der Waals surface area contributed by atoms with E-state index in [0.717, 1.165) is 30.6 Å². The summed E-state index contributed by atoms with van der Waals surface area (Å²) < 4.78 is 0. The lowest BCUT2D eigenvalue weighted by Gasteiger charge is -2.09. The summed E-state index contributed by atoms with van der Waals surface area (Å²) in [5.74, 6) is 0. The molecule has 0 amide bonds. The average molecular weight is 250 g/mol. The molecule has 2 rings (SSSR count). The fourth-order valence-electron chi connectivity index (χ4n) is 2.09. The Kier molecular flexibility index (Phi) is 4.58. The highest BCUT2D eigenvalue weighted by molar-refractivity contribution is 5.53. The maximum absolute atomic E-state index is 8.82. The molecule has 0 bridgehead atoms. The summed E-state index contributed by atoms with van der Waals surface area (Å²) in [7, 11) is 0. The maximum Gasteiger partial charge on any atom is 0.0991 e. The van der Waals surface area contributed by atoms with Crippen LogP contribution in [0.4, 0.5) is 5.69 Å². The predicted molar refractivity (Wildman–Crippen MR) is 79.1 cm³/mol. The second-order valence-electron chi connectivity index (χ2n) is 4.66. The number of hydrogen-bond acceptors (Lipinski definition) is 2. The SMILES string of the molecule is Cc1cc(C#N)ccc1NCCCc1ccccc1. The smallest absolute Gasteiger partial charge is 0.0991 e. The Morgan fingerprint density at radius 2 is 1.89 bits per heavy atom. The van der Waals surface area contributed by atoms with Crippen molar-refractivity contribution in [2.75, 3.05) is 11.9 Å². The molecule has 0 radical (unpaired) electrons. The molecule has 2 aromatic rings. The summed E-state index contributed by atoms with van der Waals surface area (Å²) in [5, 5.41) is 12.2. The Morgan fingerprint density at radius 1 is 1.11 bits per heavy atom. The fourth-order valence-corrected chi connectivity index (χ4v) is 2.09. The molecule has 2 heteroatoms. The standard InChI is InChI=1S/C17H18N2/c1-14-12-16(13-18)9-10-17(14)19-11-5-8-15-6-3-2-4-7-15/h2-4,6-7,9-10,12,19H,5,8,11H2,1H3. The van der Waals surface area contributed by atoms with Gasteiger partial charge in [-0.15, -0.1) is 0 Å². The number of nitrogens with one attached hydrogen (secondary N) is 1. The van der Waals surface area contributed by atoms with Crippen LogP contribution in [0.5, 0.6) is 0 Å². The number of benzene rings is 2. The van der Waals surface area contributed by atoms with Gasteiger partial charge in [0.2, 0.25) is 0 Å². The number of rotatable bonds is 5. The Bertz CT molecular complexity index is 568. The first-order valence-electron chi connectivity index (χ1n) is 6.58. The predicted octanol–water partition coefficient (Wildman–Crippen LogP) is 3.91. The highest BCUT2D eigenvalue weighted by Crippen LogP contribution is 2.16. The van der Waals surface area contributed by atoms with Crippen molar-refractivity contribution in [3.05, 3.63) is 65.2 Å². The lowest BCUT2D eigenvalue weighted by Crippen LogP contribution is -2.04. The van der Waals surface area contributed by atoms with Gasteiger partial charge in [0.25, 0.3) is 0 Å². The molecule has 0 aliphatic carbocycles. The molecule has 0 unspecified atom stereocenters. The highest BCUT2D eigenvalue weighted by Gasteiger charge is 1.99. The summed E-state index contributed by atoms with van der Waals surface area (Å²) in [5.41, 5.74) is 4.33. The van der Waals surface area contributed by atoms with Gasteiger partial charge in [0, 0.05) is 12.2 Å². The molecule has 0 spiro atoms. The van der Waals surface area contributed by atoms with Crippen molar-refractivity contribution in [3.63, 3.8) is 0 Å². The molecular formula is C17H18N2.